The molecule has 7 nitrogen and oxygen atoms in total. The molecule has 3 aliphatic carbocycles. The number of fused-ring (bicyclic) bond motifs is 1. The van der Waals surface area contributed by atoms with Gasteiger partial charge in [-0.15, -0.1) is 10.2 Å². The van der Waals surface area contributed by atoms with Crippen LogP contribution in [0.5, 0.6) is 0 Å². The molecule has 1 saturated carbocycles. The first kappa shape index (κ1) is 16.6. The lowest BCUT2D eigenvalue weighted by Gasteiger charge is -2.55. The molecular formula is C19H22N6O. The molecule has 3 aliphatic rings. The molecule has 1 heterocycles. The number of hydrazone groups is 1. The van der Waals surface area contributed by atoms with Crippen molar-refractivity contribution >= 4 is 12.1 Å². The topological polar surface area (TPSA) is 85.1 Å². The van der Waals surface area contributed by atoms with Crippen molar-refractivity contribution in [1.29, 1.82) is 0 Å². The zero-order valence-corrected chi connectivity index (χ0v) is 15.0. The molecule has 2 aromatic rings. The van der Waals surface area contributed by atoms with Gasteiger partial charge in [0.15, 0.2) is 0 Å². The first-order valence-corrected chi connectivity index (χ1v) is 8.89. The molecule has 0 radical (unpaired) electrons. The van der Waals surface area contributed by atoms with Gasteiger partial charge in [0.25, 0.3) is 5.91 Å². The number of hydrogen-bond acceptors (Lipinski definition) is 5. The molecule has 1 aromatic heterocycles. The summed E-state index contributed by atoms with van der Waals surface area (Å²) in [5.41, 5.74) is 4.99. The zero-order valence-electron chi connectivity index (χ0n) is 15.0. The van der Waals surface area contributed by atoms with Crippen LogP contribution in [0.1, 0.15) is 26.7 Å². The Balaban J connectivity index is 1.32. The molecule has 2 bridgehead atoms. The van der Waals surface area contributed by atoms with E-state index in [9.17, 15) is 4.79 Å². The van der Waals surface area contributed by atoms with Gasteiger partial charge in [-0.2, -0.15) is 9.90 Å². The summed E-state index contributed by atoms with van der Waals surface area (Å²) in [7, 11) is 0. The molecule has 26 heavy (non-hydrogen) atoms. The lowest BCUT2D eigenvalue weighted by Crippen LogP contribution is -2.48. The van der Waals surface area contributed by atoms with E-state index < -0.39 is 0 Å². The lowest BCUT2D eigenvalue weighted by molar-refractivity contribution is -0.122. The number of hydrogen-bond donors (Lipinski definition) is 1. The molecule has 5 rings (SSSR count). The van der Waals surface area contributed by atoms with Gasteiger partial charge in [-0.05, 0) is 40.9 Å². The Hall–Kier alpha value is -2.83. The van der Waals surface area contributed by atoms with Crippen LogP contribution in [0.2, 0.25) is 0 Å². The molecule has 2 atom stereocenters. The third-order valence-corrected chi connectivity index (χ3v) is 5.68. The Morgan fingerprint density at radius 1 is 1.38 bits per heavy atom. The molecular weight excluding hydrogens is 328 g/mol. The third-order valence-electron chi connectivity index (χ3n) is 5.68. The minimum absolute atomic E-state index is 0.0206. The number of nitrogens with one attached hydrogen (secondary N) is 1. The summed E-state index contributed by atoms with van der Waals surface area (Å²) in [6.45, 7) is 4.60. The molecule has 2 unspecified atom stereocenters. The summed E-state index contributed by atoms with van der Waals surface area (Å²) in [4.78, 5) is 13.3. The monoisotopic (exact) mass is 350 g/mol. The van der Waals surface area contributed by atoms with Crippen molar-refractivity contribution in [3.05, 3.63) is 42.0 Å². The molecule has 0 aliphatic heterocycles. The second kappa shape index (κ2) is 6.48. The Morgan fingerprint density at radius 2 is 2.19 bits per heavy atom. The highest BCUT2D eigenvalue weighted by molar-refractivity contribution is 5.83. The van der Waals surface area contributed by atoms with E-state index in [1.165, 1.54) is 16.8 Å². The molecule has 1 N–H and O–H groups in total. The fourth-order valence-electron chi connectivity index (χ4n) is 3.90. The van der Waals surface area contributed by atoms with Crippen LogP contribution in [0.25, 0.3) is 11.4 Å². The number of carbonyl (C=O) groups excluding carboxylic acids is 1. The van der Waals surface area contributed by atoms with Gasteiger partial charge in [-0.1, -0.05) is 50.3 Å². The SMILES string of the molecule is CC1(C)C2CC=C(/C=N/NC(=O)Cn3nnc(-c4ccccc4)n3)C1C2. The molecule has 7 heteroatoms. The van der Waals surface area contributed by atoms with Crippen LogP contribution in [0, 0.1) is 17.3 Å². The van der Waals surface area contributed by atoms with E-state index in [4.69, 9.17) is 0 Å². The fraction of sp³-hybridized carbons (Fsp3) is 0.421. The van der Waals surface area contributed by atoms with Crippen molar-refractivity contribution in [1.82, 2.24) is 25.6 Å². The Morgan fingerprint density at radius 3 is 2.92 bits per heavy atom. The number of tetrazole rings is 1. The van der Waals surface area contributed by atoms with E-state index in [1.807, 2.05) is 30.3 Å². The summed E-state index contributed by atoms with van der Waals surface area (Å²) >= 11 is 0. The molecule has 1 aromatic carbocycles. The summed E-state index contributed by atoms with van der Waals surface area (Å²) in [5.74, 6) is 1.56. The number of aromatic nitrogens is 4. The van der Waals surface area contributed by atoms with Crippen molar-refractivity contribution in [3.8, 4) is 11.4 Å². The van der Waals surface area contributed by atoms with Crippen LogP contribution >= 0.6 is 0 Å². The second-order valence-corrected chi connectivity index (χ2v) is 7.55. The Bertz CT molecular complexity index is 867. The standard InChI is InChI=1S/C19H22N6O/c1-19(2)15-9-8-14(16(19)10-15)11-20-21-17(26)12-25-23-18(22-24-25)13-6-4-3-5-7-13/h3-8,11,15-16H,9-10,12H2,1-2H3,(H,21,26)/b20-11+. The van der Waals surface area contributed by atoms with E-state index in [-0.39, 0.29) is 12.5 Å². The van der Waals surface area contributed by atoms with E-state index in [1.54, 1.807) is 6.21 Å². The molecule has 1 amide bonds. The van der Waals surface area contributed by atoms with Crippen LogP contribution in [0.4, 0.5) is 0 Å². The largest absolute Gasteiger partial charge is 0.271 e. The van der Waals surface area contributed by atoms with Crippen molar-refractivity contribution < 1.29 is 4.79 Å². The van der Waals surface area contributed by atoms with Crippen LogP contribution in [-0.2, 0) is 11.3 Å². The van der Waals surface area contributed by atoms with Gasteiger partial charge in [-0.25, -0.2) is 5.43 Å². The Kier molecular flexibility index (Phi) is 4.14. The van der Waals surface area contributed by atoms with Crippen molar-refractivity contribution in [2.24, 2.45) is 22.4 Å². The molecule has 0 saturated heterocycles. The highest BCUT2D eigenvalue weighted by Crippen LogP contribution is 2.58. The van der Waals surface area contributed by atoms with Gasteiger partial charge in [0.1, 0.15) is 6.54 Å². The minimum Gasteiger partial charge on any atom is -0.271 e. The number of amides is 1. The average molecular weight is 350 g/mol. The normalized spacial score (nSPS) is 23.4. The van der Waals surface area contributed by atoms with Crippen molar-refractivity contribution in [3.63, 3.8) is 0 Å². The summed E-state index contributed by atoms with van der Waals surface area (Å²) in [6.07, 6.45) is 6.35. The number of allylic oxidation sites excluding steroid dienone is 2. The van der Waals surface area contributed by atoms with E-state index >= 15 is 0 Å². The maximum Gasteiger partial charge on any atom is 0.263 e. The van der Waals surface area contributed by atoms with Crippen LogP contribution in [-0.4, -0.2) is 32.3 Å². The Labute approximate surface area is 152 Å². The predicted molar refractivity (Wildman–Crippen MR) is 98.0 cm³/mol. The maximum atomic E-state index is 12.0. The first-order valence-electron chi connectivity index (χ1n) is 8.89. The average Bonchev–Trinajstić information content (AvgIpc) is 3.11. The number of benzene rings is 1. The summed E-state index contributed by atoms with van der Waals surface area (Å²) in [5, 5.41) is 16.2. The third kappa shape index (κ3) is 3.05. The summed E-state index contributed by atoms with van der Waals surface area (Å²) in [6, 6.07) is 9.53. The van der Waals surface area contributed by atoms with Gasteiger partial charge in [0.2, 0.25) is 5.82 Å². The van der Waals surface area contributed by atoms with Gasteiger partial charge in [-0.3, -0.25) is 4.79 Å². The van der Waals surface area contributed by atoms with Crippen molar-refractivity contribution in [2.75, 3.05) is 0 Å². The van der Waals surface area contributed by atoms with Gasteiger partial charge in [0, 0.05) is 5.56 Å². The molecule has 134 valence electrons. The van der Waals surface area contributed by atoms with E-state index in [0.717, 1.165) is 17.9 Å². The van der Waals surface area contributed by atoms with Crippen LogP contribution < -0.4 is 5.43 Å². The predicted octanol–water partition coefficient (Wildman–Crippen LogP) is 2.43. The maximum absolute atomic E-state index is 12.0. The van der Waals surface area contributed by atoms with Gasteiger partial charge >= 0.3 is 0 Å². The van der Waals surface area contributed by atoms with Crippen LogP contribution in [0.3, 0.4) is 0 Å². The minimum atomic E-state index is -0.277. The fourth-order valence-corrected chi connectivity index (χ4v) is 3.90. The number of nitrogens with zero attached hydrogens (tertiary/aromatic N) is 5. The van der Waals surface area contributed by atoms with E-state index in [2.05, 4.69) is 45.9 Å². The van der Waals surface area contributed by atoms with Gasteiger partial charge in [0.05, 0.1) is 6.21 Å². The highest BCUT2D eigenvalue weighted by atomic mass is 16.2. The number of rotatable bonds is 5. The van der Waals surface area contributed by atoms with Crippen molar-refractivity contribution in [2.45, 2.75) is 33.2 Å². The van der Waals surface area contributed by atoms with Gasteiger partial charge < -0.3 is 0 Å². The first-order chi connectivity index (χ1) is 12.5. The quantitative estimate of drug-likeness (QED) is 0.663. The summed E-state index contributed by atoms with van der Waals surface area (Å²) < 4.78 is 0. The zero-order chi connectivity index (χ0) is 18.1. The second-order valence-electron chi connectivity index (χ2n) is 7.55. The number of carbonyl (C=O) groups is 1. The molecule has 0 spiro atoms. The van der Waals surface area contributed by atoms with Crippen LogP contribution in [0.15, 0.2) is 47.1 Å². The van der Waals surface area contributed by atoms with E-state index in [0.29, 0.717) is 17.2 Å². The molecule has 1 fully saturated rings. The smallest absolute Gasteiger partial charge is 0.263 e. The lowest BCUT2D eigenvalue weighted by atomic mass is 9.49. The highest BCUT2D eigenvalue weighted by Gasteiger charge is 2.50.